The highest BCUT2D eigenvalue weighted by Gasteiger charge is 2.24. The SMILES string of the molecule is O=C(NCCCC1CC1)c1c(=O)c2ccc(N3CCOCC3)nc2n2c1sc1ccccc12. The maximum atomic E-state index is 13.6. The van der Waals surface area contributed by atoms with Gasteiger partial charge in [0.2, 0.25) is 5.43 Å². The number of pyridine rings is 2. The van der Waals surface area contributed by atoms with Crippen LogP contribution in [0.2, 0.25) is 0 Å². The van der Waals surface area contributed by atoms with Crippen LogP contribution in [0.3, 0.4) is 0 Å². The third kappa shape index (κ3) is 3.77. The largest absolute Gasteiger partial charge is 0.378 e. The molecule has 170 valence electrons. The Bertz CT molecular complexity index is 1420. The molecule has 7 nitrogen and oxygen atoms in total. The number of rotatable bonds is 6. The molecule has 33 heavy (non-hydrogen) atoms. The molecular formula is C25H26N4O3S. The molecule has 0 unspecified atom stereocenters. The van der Waals surface area contributed by atoms with Gasteiger partial charge in [0.1, 0.15) is 16.2 Å². The van der Waals surface area contributed by atoms with Crippen molar-refractivity contribution in [2.75, 3.05) is 37.7 Å². The van der Waals surface area contributed by atoms with Crippen LogP contribution in [0.1, 0.15) is 36.0 Å². The average Bonchev–Trinajstić information content (AvgIpc) is 3.60. The van der Waals surface area contributed by atoms with E-state index in [2.05, 4.69) is 10.2 Å². The minimum Gasteiger partial charge on any atom is -0.378 e. The van der Waals surface area contributed by atoms with Gasteiger partial charge < -0.3 is 15.0 Å². The third-order valence-electron chi connectivity index (χ3n) is 6.61. The van der Waals surface area contributed by atoms with Crippen LogP contribution in [0.4, 0.5) is 5.82 Å². The molecular weight excluding hydrogens is 436 g/mol. The lowest BCUT2D eigenvalue weighted by atomic mass is 10.1. The van der Waals surface area contributed by atoms with Crippen LogP contribution in [-0.4, -0.2) is 48.1 Å². The highest BCUT2D eigenvalue weighted by Crippen LogP contribution is 2.33. The number of morpholine rings is 1. The summed E-state index contributed by atoms with van der Waals surface area (Å²) in [7, 11) is 0. The predicted octanol–water partition coefficient (Wildman–Crippen LogP) is 3.82. The van der Waals surface area contributed by atoms with Gasteiger partial charge in [-0.25, -0.2) is 4.98 Å². The summed E-state index contributed by atoms with van der Waals surface area (Å²) in [6, 6.07) is 11.7. The topological polar surface area (TPSA) is 75.9 Å². The fraction of sp³-hybridized carbons (Fsp3) is 0.400. The van der Waals surface area contributed by atoms with E-state index in [1.165, 1.54) is 24.2 Å². The smallest absolute Gasteiger partial charge is 0.258 e. The molecule has 4 heterocycles. The summed E-state index contributed by atoms with van der Waals surface area (Å²) in [4.78, 5) is 34.5. The number of nitrogens with one attached hydrogen (secondary N) is 1. The molecule has 6 rings (SSSR count). The molecule has 1 aliphatic carbocycles. The fourth-order valence-electron chi connectivity index (χ4n) is 4.63. The number of thiazole rings is 1. The van der Waals surface area contributed by atoms with Crippen LogP contribution in [0.25, 0.3) is 26.1 Å². The third-order valence-corrected chi connectivity index (χ3v) is 7.75. The van der Waals surface area contributed by atoms with Crippen molar-refractivity contribution in [2.24, 2.45) is 5.92 Å². The first-order chi connectivity index (χ1) is 16.2. The van der Waals surface area contributed by atoms with Gasteiger partial charge in [0, 0.05) is 19.6 Å². The van der Waals surface area contributed by atoms with E-state index in [9.17, 15) is 9.59 Å². The van der Waals surface area contributed by atoms with Gasteiger partial charge in [0.05, 0.1) is 28.8 Å². The number of aromatic nitrogens is 2. The number of amides is 1. The Morgan fingerprint density at radius 3 is 2.79 bits per heavy atom. The van der Waals surface area contributed by atoms with Gasteiger partial charge in [-0.15, -0.1) is 11.3 Å². The number of para-hydroxylation sites is 1. The Kier molecular flexibility index (Phi) is 5.27. The number of carbonyl (C=O) groups excluding carboxylic acids is 1. The molecule has 2 aliphatic rings. The monoisotopic (exact) mass is 462 g/mol. The molecule has 0 radical (unpaired) electrons. The number of hydrogen-bond acceptors (Lipinski definition) is 6. The summed E-state index contributed by atoms with van der Waals surface area (Å²) in [6.45, 7) is 3.45. The Labute approximate surface area is 195 Å². The Morgan fingerprint density at radius 1 is 1.15 bits per heavy atom. The zero-order valence-electron chi connectivity index (χ0n) is 18.4. The lowest BCUT2D eigenvalue weighted by Crippen LogP contribution is -2.37. The van der Waals surface area contributed by atoms with Crippen molar-refractivity contribution < 1.29 is 9.53 Å². The molecule has 1 amide bonds. The van der Waals surface area contributed by atoms with Crippen molar-refractivity contribution in [3.8, 4) is 0 Å². The molecule has 1 saturated carbocycles. The Morgan fingerprint density at radius 2 is 1.97 bits per heavy atom. The van der Waals surface area contributed by atoms with Crippen LogP contribution >= 0.6 is 11.3 Å². The molecule has 0 atom stereocenters. The van der Waals surface area contributed by atoms with Gasteiger partial charge in [-0.05, 0) is 43.0 Å². The summed E-state index contributed by atoms with van der Waals surface area (Å²) in [5, 5.41) is 3.47. The Hall–Kier alpha value is -2.97. The van der Waals surface area contributed by atoms with E-state index in [4.69, 9.17) is 9.72 Å². The van der Waals surface area contributed by atoms with Gasteiger partial charge in [-0.3, -0.25) is 14.0 Å². The van der Waals surface area contributed by atoms with Crippen LogP contribution in [0.15, 0.2) is 41.2 Å². The number of nitrogens with zero attached hydrogens (tertiary/aromatic N) is 3. The second-order valence-electron chi connectivity index (χ2n) is 8.90. The van der Waals surface area contributed by atoms with Crippen molar-refractivity contribution >= 4 is 49.1 Å². The van der Waals surface area contributed by atoms with Crippen molar-refractivity contribution in [1.82, 2.24) is 14.7 Å². The molecule has 2 fully saturated rings. The van der Waals surface area contributed by atoms with Crippen LogP contribution in [0, 0.1) is 5.92 Å². The van der Waals surface area contributed by atoms with E-state index in [-0.39, 0.29) is 16.9 Å². The first-order valence-corrected chi connectivity index (χ1v) is 12.5. The second-order valence-corrected chi connectivity index (χ2v) is 9.93. The van der Waals surface area contributed by atoms with E-state index >= 15 is 0 Å². The summed E-state index contributed by atoms with van der Waals surface area (Å²) in [6.07, 6.45) is 4.71. The van der Waals surface area contributed by atoms with Gasteiger partial charge in [0.15, 0.2) is 5.65 Å². The fourth-order valence-corrected chi connectivity index (χ4v) is 5.82. The van der Waals surface area contributed by atoms with Crippen LogP contribution < -0.4 is 15.6 Å². The van der Waals surface area contributed by atoms with E-state index < -0.39 is 0 Å². The van der Waals surface area contributed by atoms with E-state index in [0.717, 1.165) is 47.9 Å². The summed E-state index contributed by atoms with van der Waals surface area (Å²) in [5.41, 5.74) is 1.52. The van der Waals surface area contributed by atoms with Gasteiger partial charge >= 0.3 is 0 Å². The number of carbonyl (C=O) groups is 1. The van der Waals surface area contributed by atoms with Gasteiger partial charge in [0.25, 0.3) is 5.91 Å². The first kappa shape index (κ1) is 20.6. The zero-order chi connectivity index (χ0) is 22.4. The van der Waals surface area contributed by atoms with Gasteiger partial charge in [-0.2, -0.15) is 0 Å². The van der Waals surface area contributed by atoms with E-state index in [0.29, 0.717) is 35.6 Å². The summed E-state index contributed by atoms with van der Waals surface area (Å²) in [5.74, 6) is 1.36. The number of anilines is 1. The van der Waals surface area contributed by atoms with Crippen molar-refractivity contribution in [3.63, 3.8) is 0 Å². The standard InChI is InChI=1S/C25H26N4O3S/c30-22-17-9-10-20(28-12-14-32-15-13-28)27-23(17)29-18-5-1-2-6-19(18)33-25(29)21(22)24(31)26-11-3-4-16-7-8-16/h1-2,5-6,9-10,16H,3-4,7-8,11-15H2,(H,26,31). The molecule has 8 heteroatoms. The zero-order valence-corrected chi connectivity index (χ0v) is 19.2. The lowest BCUT2D eigenvalue weighted by molar-refractivity contribution is 0.0953. The maximum absolute atomic E-state index is 13.6. The highest BCUT2D eigenvalue weighted by molar-refractivity contribution is 7.24. The first-order valence-electron chi connectivity index (χ1n) is 11.7. The minimum absolute atomic E-state index is 0.219. The molecule has 0 spiro atoms. The molecule has 1 aromatic carbocycles. The van der Waals surface area contributed by atoms with Crippen molar-refractivity contribution in [3.05, 3.63) is 52.2 Å². The number of hydrogen-bond donors (Lipinski definition) is 1. The number of benzene rings is 1. The summed E-state index contributed by atoms with van der Waals surface area (Å²) >= 11 is 1.47. The van der Waals surface area contributed by atoms with Crippen molar-refractivity contribution in [1.29, 1.82) is 0 Å². The Balaban J connectivity index is 1.49. The van der Waals surface area contributed by atoms with Gasteiger partial charge in [-0.1, -0.05) is 25.0 Å². The molecule has 1 N–H and O–H groups in total. The molecule has 1 aliphatic heterocycles. The van der Waals surface area contributed by atoms with E-state index in [1.807, 2.05) is 40.8 Å². The maximum Gasteiger partial charge on any atom is 0.258 e. The lowest BCUT2D eigenvalue weighted by Gasteiger charge is -2.27. The normalized spacial score (nSPS) is 16.7. The average molecular weight is 463 g/mol. The quantitative estimate of drug-likeness (QED) is 0.441. The van der Waals surface area contributed by atoms with Crippen molar-refractivity contribution in [2.45, 2.75) is 25.7 Å². The molecule has 0 bridgehead atoms. The van der Waals surface area contributed by atoms with Crippen LogP contribution in [0.5, 0.6) is 0 Å². The summed E-state index contributed by atoms with van der Waals surface area (Å²) < 4.78 is 8.48. The minimum atomic E-state index is -0.293. The predicted molar refractivity (Wildman–Crippen MR) is 132 cm³/mol. The highest BCUT2D eigenvalue weighted by atomic mass is 32.1. The van der Waals surface area contributed by atoms with Crippen LogP contribution in [-0.2, 0) is 4.74 Å². The number of ether oxygens (including phenoxy) is 1. The molecule has 4 aromatic rings. The van der Waals surface area contributed by atoms with E-state index in [1.54, 1.807) is 0 Å². The molecule has 1 saturated heterocycles. The number of fused-ring (bicyclic) bond motifs is 5. The second kappa shape index (κ2) is 8.43. The molecule has 3 aromatic heterocycles.